The van der Waals surface area contributed by atoms with Crippen LogP contribution in [0.25, 0.3) is 11.8 Å². The van der Waals surface area contributed by atoms with E-state index in [9.17, 15) is 14.4 Å². The second kappa shape index (κ2) is 11.2. The number of methoxy groups -OCH3 is 2. The molecular weight excluding hydrogens is 492 g/mol. The lowest BCUT2D eigenvalue weighted by atomic mass is 9.85. The Hall–Kier alpha value is -3.96. The molecule has 12 nitrogen and oxygen atoms in total. The van der Waals surface area contributed by atoms with Gasteiger partial charge in [0.05, 0.1) is 26.5 Å². The van der Waals surface area contributed by atoms with Crippen LogP contribution in [0.1, 0.15) is 57.3 Å². The molecule has 2 aliphatic heterocycles. The minimum absolute atomic E-state index is 0.171. The third kappa shape index (κ3) is 5.79. The number of allylic oxidation sites excluding steroid dienone is 1. The number of amides is 2. The van der Waals surface area contributed by atoms with E-state index in [-0.39, 0.29) is 25.5 Å². The molecule has 0 radical (unpaired) electrons. The van der Waals surface area contributed by atoms with Gasteiger partial charge in [0.2, 0.25) is 5.91 Å². The number of rotatable bonds is 2. The van der Waals surface area contributed by atoms with Crippen LogP contribution in [0.3, 0.4) is 0 Å². The predicted molar refractivity (Wildman–Crippen MR) is 137 cm³/mol. The van der Waals surface area contributed by atoms with Crippen LogP contribution >= 0.6 is 0 Å². The Morgan fingerprint density at radius 1 is 1.21 bits per heavy atom. The molecule has 2 aliphatic rings. The minimum Gasteiger partial charge on any atom is -0.496 e. The van der Waals surface area contributed by atoms with Crippen molar-refractivity contribution in [3.8, 4) is 11.4 Å². The molecule has 0 unspecified atom stereocenters. The summed E-state index contributed by atoms with van der Waals surface area (Å²) in [5, 5.41) is 15.7. The molecule has 0 saturated carbocycles. The molecule has 2 aromatic rings. The van der Waals surface area contributed by atoms with Gasteiger partial charge in [-0.3, -0.25) is 4.79 Å². The number of fused-ring (bicyclic) bond motifs is 8. The number of hydrogen-bond donors (Lipinski definition) is 1. The van der Waals surface area contributed by atoms with E-state index in [4.69, 9.17) is 14.2 Å². The van der Waals surface area contributed by atoms with Gasteiger partial charge in [0, 0.05) is 18.0 Å². The number of tetrazole rings is 1. The Morgan fingerprint density at radius 3 is 2.71 bits per heavy atom. The zero-order chi connectivity index (χ0) is 27.4. The first kappa shape index (κ1) is 27.1. The summed E-state index contributed by atoms with van der Waals surface area (Å²) in [5.41, 5.74) is 0.862. The molecule has 0 spiro atoms. The molecule has 6 bridgehead atoms. The SMILES string of the molecule is COC(=O)[C@@H]1C[C@@H]2CN1C(=O)[C@H](C(C)(C)C)NC(=O)OCCC/C=C/c1cc(ccc1OC)-n1nnc2n1. The number of esters is 1. The Balaban J connectivity index is 1.73. The third-order valence-corrected chi connectivity index (χ3v) is 6.72. The normalized spacial score (nSPS) is 23.4. The number of alkyl carbamates (subject to hydrolysis) is 1. The largest absolute Gasteiger partial charge is 0.496 e. The number of cyclic esters (lactones) is 1. The third-order valence-electron chi connectivity index (χ3n) is 6.72. The van der Waals surface area contributed by atoms with Crippen LogP contribution in [0.4, 0.5) is 4.79 Å². The fraction of sp³-hybridized carbons (Fsp3) is 0.538. The van der Waals surface area contributed by atoms with E-state index in [1.165, 1.54) is 16.8 Å². The summed E-state index contributed by atoms with van der Waals surface area (Å²) in [6.45, 7) is 5.87. The quantitative estimate of drug-likeness (QED) is 0.585. The molecule has 204 valence electrons. The van der Waals surface area contributed by atoms with Gasteiger partial charge in [0.15, 0.2) is 5.82 Å². The van der Waals surface area contributed by atoms with E-state index >= 15 is 0 Å². The highest BCUT2D eigenvalue weighted by atomic mass is 16.5. The van der Waals surface area contributed by atoms with Crippen molar-refractivity contribution in [1.82, 2.24) is 30.4 Å². The number of aromatic nitrogens is 4. The molecule has 1 fully saturated rings. The van der Waals surface area contributed by atoms with Crippen molar-refractivity contribution < 1.29 is 28.6 Å². The highest BCUT2D eigenvalue weighted by Gasteiger charge is 2.47. The molecule has 1 aromatic carbocycles. The van der Waals surface area contributed by atoms with Crippen molar-refractivity contribution in [2.75, 3.05) is 27.4 Å². The van der Waals surface area contributed by atoms with Crippen molar-refractivity contribution in [2.45, 2.75) is 58.0 Å². The highest BCUT2D eigenvalue weighted by Crippen LogP contribution is 2.33. The number of benzene rings is 1. The maximum absolute atomic E-state index is 13.8. The zero-order valence-electron chi connectivity index (χ0n) is 22.3. The first-order chi connectivity index (χ1) is 18.1. The first-order valence-electron chi connectivity index (χ1n) is 12.6. The molecule has 12 heteroatoms. The van der Waals surface area contributed by atoms with Gasteiger partial charge in [0.25, 0.3) is 0 Å². The fourth-order valence-corrected chi connectivity index (χ4v) is 4.65. The van der Waals surface area contributed by atoms with Gasteiger partial charge < -0.3 is 24.4 Å². The standard InChI is InChI=1S/C26H34N6O6/c1-26(2,3)21-23(33)31-15-17(14-19(31)24(34)37-5)22-28-30-32(29-22)18-10-11-20(36-4)16(13-18)9-7-6-8-12-38-25(35)27-21/h7,9-11,13,17,19,21H,6,8,12,14-15H2,1-5H3,(H,27,35)/b9-7+/t17-,19+,21-/m1/s1. The molecule has 38 heavy (non-hydrogen) atoms. The number of nitrogens with zero attached hydrogens (tertiary/aromatic N) is 5. The van der Waals surface area contributed by atoms with Crippen molar-refractivity contribution in [3.05, 3.63) is 35.7 Å². The van der Waals surface area contributed by atoms with Crippen LogP contribution in [0, 0.1) is 5.41 Å². The average molecular weight is 527 g/mol. The summed E-state index contributed by atoms with van der Waals surface area (Å²) in [6, 6.07) is 3.75. The van der Waals surface area contributed by atoms with E-state index in [0.717, 1.165) is 5.56 Å². The molecule has 4 rings (SSSR count). The molecule has 3 heterocycles. The number of carbonyl (C=O) groups excluding carboxylic acids is 3. The number of carbonyl (C=O) groups is 3. The average Bonchev–Trinajstić information content (AvgIpc) is 3.55. The lowest BCUT2D eigenvalue weighted by Crippen LogP contribution is -2.57. The molecule has 0 aliphatic carbocycles. The Morgan fingerprint density at radius 2 is 2.00 bits per heavy atom. The summed E-state index contributed by atoms with van der Waals surface area (Å²) < 4.78 is 15.8. The van der Waals surface area contributed by atoms with Gasteiger partial charge in [-0.05, 0) is 48.1 Å². The zero-order valence-corrected chi connectivity index (χ0v) is 22.3. The number of hydrogen-bond acceptors (Lipinski definition) is 9. The van der Waals surface area contributed by atoms with Crippen molar-refractivity contribution >= 4 is 24.0 Å². The van der Waals surface area contributed by atoms with E-state index < -0.39 is 35.5 Å². The fourth-order valence-electron chi connectivity index (χ4n) is 4.65. The van der Waals surface area contributed by atoms with E-state index in [1.807, 2.05) is 51.1 Å². The van der Waals surface area contributed by atoms with Crippen molar-refractivity contribution in [1.29, 1.82) is 0 Å². The van der Waals surface area contributed by atoms with Crippen LogP contribution in [0.15, 0.2) is 24.3 Å². The molecule has 1 aromatic heterocycles. The summed E-state index contributed by atoms with van der Waals surface area (Å²) in [5.74, 6) is -0.215. The highest BCUT2D eigenvalue weighted by molar-refractivity contribution is 5.91. The second-order valence-corrected chi connectivity index (χ2v) is 10.4. The van der Waals surface area contributed by atoms with Gasteiger partial charge in [-0.25, -0.2) is 9.59 Å². The first-order valence-corrected chi connectivity index (χ1v) is 12.6. The van der Waals surface area contributed by atoms with Gasteiger partial charge in [0.1, 0.15) is 17.8 Å². The van der Waals surface area contributed by atoms with Gasteiger partial charge >= 0.3 is 12.1 Å². The van der Waals surface area contributed by atoms with Crippen molar-refractivity contribution in [2.24, 2.45) is 5.41 Å². The molecule has 1 saturated heterocycles. The van der Waals surface area contributed by atoms with E-state index in [2.05, 4.69) is 20.7 Å². The second-order valence-electron chi connectivity index (χ2n) is 10.4. The van der Waals surface area contributed by atoms with Gasteiger partial charge in [-0.1, -0.05) is 32.9 Å². The van der Waals surface area contributed by atoms with Crippen LogP contribution in [-0.4, -0.2) is 82.5 Å². The van der Waals surface area contributed by atoms with Gasteiger partial charge in [-0.15, -0.1) is 15.0 Å². The smallest absolute Gasteiger partial charge is 0.407 e. The molecule has 1 N–H and O–H groups in total. The number of ether oxygens (including phenoxy) is 3. The Bertz CT molecular complexity index is 1220. The van der Waals surface area contributed by atoms with E-state index in [1.54, 1.807) is 7.11 Å². The van der Waals surface area contributed by atoms with Gasteiger partial charge in [-0.2, -0.15) is 0 Å². The van der Waals surface area contributed by atoms with E-state index in [0.29, 0.717) is 30.1 Å². The van der Waals surface area contributed by atoms with Crippen LogP contribution in [-0.2, 0) is 19.1 Å². The Kier molecular flexibility index (Phi) is 7.98. The van der Waals surface area contributed by atoms with Crippen LogP contribution in [0.5, 0.6) is 5.75 Å². The lowest BCUT2D eigenvalue weighted by molar-refractivity contribution is -0.152. The molecular formula is C26H34N6O6. The number of nitrogens with one attached hydrogen (secondary N) is 1. The molecule has 3 atom stereocenters. The summed E-state index contributed by atoms with van der Waals surface area (Å²) >= 11 is 0. The van der Waals surface area contributed by atoms with Crippen molar-refractivity contribution in [3.63, 3.8) is 0 Å². The predicted octanol–water partition coefficient (Wildman–Crippen LogP) is 2.48. The molecule has 2 amide bonds. The van der Waals surface area contributed by atoms with Crippen LogP contribution < -0.4 is 10.1 Å². The summed E-state index contributed by atoms with van der Waals surface area (Å²) in [7, 11) is 2.88. The minimum atomic E-state index is -0.930. The summed E-state index contributed by atoms with van der Waals surface area (Å²) in [4.78, 5) is 42.0. The topological polar surface area (TPSA) is 138 Å². The maximum atomic E-state index is 13.8. The summed E-state index contributed by atoms with van der Waals surface area (Å²) in [6.07, 6.45) is 4.72. The maximum Gasteiger partial charge on any atom is 0.407 e. The van der Waals surface area contributed by atoms with Crippen LogP contribution in [0.2, 0.25) is 0 Å². The lowest BCUT2D eigenvalue weighted by Gasteiger charge is -2.34. The Labute approximate surface area is 221 Å². The monoisotopic (exact) mass is 526 g/mol.